The third-order valence-corrected chi connectivity index (χ3v) is 5.61. The molecule has 8 nitrogen and oxygen atoms in total. The van der Waals surface area contributed by atoms with Crippen molar-refractivity contribution in [1.82, 2.24) is 9.80 Å². The summed E-state index contributed by atoms with van der Waals surface area (Å²) in [5, 5.41) is 0. The van der Waals surface area contributed by atoms with Crippen LogP contribution in [0.2, 0.25) is 0 Å². The number of ether oxygens (including phenoxy) is 1. The minimum Gasteiger partial charge on any atom is -0.465 e. The summed E-state index contributed by atoms with van der Waals surface area (Å²) in [5.74, 6) is -1.91. The molecule has 0 radical (unpaired) electrons. The second-order valence-corrected chi connectivity index (χ2v) is 7.88. The van der Waals surface area contributed by atoms with Gasteiger partial charge in [-0.25, -0.2) is 13.2 Å². The van der Waals surface area contributed by atoms with Gasteiger partial charge in [-0.2, -0.15) is 0 Å². The van der Waals surface area contributed by atoms with E-state index in [4.69, 9.17) is 0 Å². The van der Waals surface area contributed by atoms with Crippen molar-refractivity contribution in [3.8, 4) is 0 Å². The maximum Gasteiger partial charge on any atom is 0.337 e. The van der Waals surface area contributed by atoms with Gasteiger partial charge in [-0.1, -0.05) is 12.1 Å². The number of sulfone groups is 1. The number of nitrogens with zero attached hydrogens (tertiary/aromatic N) is 2. The predicted octanol–water partition coefficient (Wildman–Crippen LogP) is -0.601. The number of fused-ring (bicyclic) bond motifs is 1. The number of benzene rings is 1. The van der Waals surface area contributed by atoms with Crippen LogP contribution < -0.4 is 0 Å². The lowest BCUT2D eigenvalue weighted by molar-refractivity contribution is -0.153. The Balaban J connectivity index is 1.75. The van der Waals surface area contributed by atoms with Crippen molar-refractivity contribution in [1.29, 1.82) is 0 Å². The monoisotopic (exact) mass is 352 g/mol. The number of amides is 2. The van der Waals surface area contributed by atoms with Gasteiger partial charge in [-0.15, -0.1) is 0 Å². The zero-order valence-electron chi connectivity index (χ0n) is 13.0. The number of esters is 1. The van der Waals surface area contributed by atoms with Crippen LogP contribution in [0.25, 0.3) is 0 Å². The normalized spacial score (nSPS) is 22.5. The third-order valence-electron chi connectivity index (χ3n) is 4.12. The molecule has 2 fully saturated rings. The molecule has 3 rings (SSSR count). The van der Waals surface area contributed by atoms with Crippen LogP contribution in [0.15, 0.2) is 24.3 Å². The van der Waals surface area contributed by atoms with E-state index in [0.29, 0.717) is 5.56 Å². The Bertz CT molecular complexity index is 802. The standard InChI is InChI=1S/C15H16N2O6S/c1-23-15(20)11-4-2-10(3-5-11)6-16-7-13(18)17-9-24(21,22)8-12(17)14(16)19/h2-5,12H,6-9H2,1H3/t12-/m1/s1. The maximum atomic E-state index is 12.5. The van der Waals surface area contributed by atoms with Crippen molar-refractivity contribution >= 4 is 27.6 Å². The first kappa shape index (κ1) is 16.4. The van der Waals surface area contributed by atoms with Gasteiger partial charge >= 0.3 is 5.97 Å². The number of hydrogen-bond acceptors (Lipinski definition) is 6. The molecule has 1 aromatic rings. The Morgan fingerprint density at radius 1 is 1.25 bits per heavy atom. The predicted molar refractivity (Wildman–Crippen MR) is 82.5 cm³/mol. The highest BCUT2D eigenvalue weighted by Gasteiger charge is 2.47. The van der Waals surface area contributed by atoms with Crippen molar-refractivity contribution in [2.45, 2.75) is 12.6 Å². The summed E-state index contributed by atoms with van der Waals surface area (Å²) in [5.41, 5.74) is 1.12. The third kappa shape index (κ3) is 2.99. The smallest absolute Gasteiger partial charge is 0.337 e. The molecule has 24 heavy (non-hydrogen) atoms. The van der Waals surface area contributed by atoms with Crippen LogP contribution in [-0.2, 0) is 30.7 Å². The number of methoxy groups -OCH3 is 1. The van der Waals surface area contributed by atoms with E-state index in [2.05, 4.69) is 4.74 Å². The molecule has 0 unspecified atom stereocenters. The van der Waals surface area contributed by atoms with Gasteiger partial charge in [0.2, 0.25) is 11.8 Å². The largest absolute Gasteiger partial charge is 0.465 e. The summed E-state index contributed by atoms with van der Waals surface area (Å²) >= 11 is 0. The van der Waals surface area contributed by atoms with Crippen LogP contribution in [0.1, 0.15) is 15.9 Å². The van der Waals surface area contributed by atoms with Gasteiger partial charge in [-0.05, 0) is 17.7 Å². The Labute approximate surface area is 138 Å². The number of piperazine rings is 1. The molecule has 1 atom stereocenters. The molecule has 0 spiro atoms. The van der Waals surface area contributed by atoms with E-state index in [-0.39, 0.29) is 36.5 Å². The minimum atomic E-state index is -3.40. The Hall–Kier alpha value is -2.42. The van der Waals surface area contributed by atoms with Gasteiger partial charge in [0.15, 0.2) is 9.84 Å². The van der Waals surface area contributed by atoms with E-state index < -0.39 is 21.8 Å². The van der Waals surface area contributed by atoms with Crippen molar-refractivity contribution < 1.29 is 27.5 Å². The Morgan fingerprint density at radius 2 is 1.92 bits per heavy atom. The second-order valence-electron chi connectivity index (χ2n) is 5.80. The Kier molecular flexibility index (Phi) is 4.04. The molecule has 1 aromatic carbocycles. The molecular weight excluding hydrogens is 336 g/mol. The fraction of sp³-hybridized carbons (Fsp3) is 0.400. The second kappa shape index (κ2) is 5.90. The van der Waals surface area contributed by atoms with Crippen LogP contribution >= 0.6 is 0 Å². The molecule has 2 aliphatic rings. The van der Waals surface area contributed by atoms with Crippen LogP contribution in [0.3, 0.4) is 0 Å². The van der Waals surface area contributed by atoms with E-state index in [9.17, 15) is 22.8 Å². The highest BCUT2D eigenvalue weighted by atomic mass is 32.2. The van der Waals surface area contributed by atoms with E-state index in [1.54, 1.807) is 24.3 Å². The first-order valence-corrected chi connectivity index (χ1v) is 9.09. The zero-order chi connectivity index (χ0) is 17.5. The van der Waals surface area contributed by atoms with E-state index in [1.807, 2.05) is 0 Å². The van der Waals surface area contributed by atoms with Crippen LogP contribution in [0, 0.1) is 0 Å². The van der Waals surface area contributed by atoms with E-state index in [0.717, 1.165) is 10.5 Å². The van der Waals surface area contributed by atoms with Crippen molar-refractivity contribution in [2.75, 3.05) is 25.3 Å². The van der Waals surface area contributed by atoms with Gasteiger partial charge in [-0.3, -0.25) is 9.59 Å². The van der Waals surface area contributed by atoms with Gasteiger partial charge in [0, 0.05) is 6.54 Å². The molecule has 0 N–H and O–H groups in total. The van der Waals surface area contributed by atoms with Crippen molar-refractivity contribution in [2.24, 2.45) is 0 Å². The summed E-state index contributed by atoms with van der Waals surface area (Å²) in [4.78, 5) is 38.4. The fourth-order valence-electron chi connectivity index (χ4n) is 2.90. The molecule has 0 saturated carbocycles. The molecule has 0 bridgehead atoms. The van der Waals surface area contributed by atoms with Crippen LogP contribution in [0.5, 0.6) is 0 Å². The Morgan fingerprint density at radius 3 is 2.54 bits per heavy atom. The van der Waals surface area contributed by atoms with Crippen molar-refractivity contribution in [3.05, 3.63) is 35.4 Å². The van der Waals surface area contributed by atoms with Gasteiger partial charge in [0.25, 0.3) is 0 Å². The lowest BCUT2D eigenvalue weighted by Gasteiger charge is -2.35. The molecular formula is C15H16N2O6S. The summed E-state index contributed by atoms with van der Waals surface area (Å²) < 4.78 is 28.0. The highest BCUT2D eigenvalue weighted by Crippen LogP contribution is 2.23. The van der Waals surface area contributed by atoms with E-state index in [1.165, 1.54) is 12.0 Å². The first-order chi connectivity index (χ1) is 11.3. The number of carbonyl (C=O) groups is 3. The van der Waals surface area contributed by atoms with Gasteiger partial charge < -0.3 is 14.5 Å². The average molecular weight is 352 g/mol. The molecule has 2 heterocycles. The zero-order valence-corrected chi connectivity index (χ0v) is 13.8. The van der Waals surface area contributed by atoms with Crippen molar-refractivity contribution in [3.63, 3.8) is 0 Å². The SMILES string of the molecule is COC(=O)c1ccc(CN2CC(=O)N3CS(=O)(=O)C[C@@H]3C2=O)cc1. The molecule has 2 saturated heterocycles. The molecule has 2 aliphatic heterocycles. The quantitative estimate of drug-likeness (QED) is 0.673. The maximum absolute atomic E-state index is 12.5. The molecule has 0 aromatic heterocycles. The number of rotatable bonds is 3. The molecule has 128 valence electrons. The highest BCUT2D eigenvalue weighted by molar-refractivity contribution is 7.91. The topological polar surface area (TPSA) is 101 Å². The van der Waals surface area contributed by atoms with Crippen LogP contribution in [0.4, 0.5) is 0 Å². The lowest BCUT2D eigenvalue weighted by Crippen LogP contribution is -2.57. The lowest BCUT2D eigenvalue weighted by atomic mass is 10.1. The summed E-state index contributed by atoms with van der Waals surface area (Å²) in [6.45, 7) is 0.0278. The number of carbonyl (C=O) groups excluding carboxylic acids is 3. The summed E-state index contributed by atoms with van der Waals surface area (Å²) in [7, 11) is -2.12. The number of hydrogen-bond donors (Lipinski definition) is 0. The van der Waals surface area contributed by atoms with Gasteiger partial charge in [0.1, 0.15) is 18.5 Å². The van der Waals surface area contributed by atoms with Crippen LogP contribution in [-0.4, -0.2) is 67.3 Å². The molecule has 2 amide bonds. The average Bonchev–Trinajstić information content (AvgIpc) is 2.89. The summed E-state index contributed by atoms with van der Waals surface area (Å²) in [6.07, 6.45) is 0. The summed E-state index contributed by atoms with van der Waals surface area (Å²) in [6, 6.07) is 5.56. The fourth-order valence-corrected chi connectivity index (χ4v) is 4.55. The molecule has 0 aliphatic carbocycles. The van der Waals surface area contributed by atoms with Gasteiger partial charge in [0.05, 0.1) is 18.4 Å². The minimum absolute atomic E-state index is 0.149. The van der Waals surface area contributed by atoms with E-state index >= 15 is 0 Å². The molecule has 9 heteroatoms. The first-order valence-electron chi connectivity index (χ1n) is 7.26.